The van der Waals surface area contributed by atoms with E-state index in [0.29, 0.717) is 24.5 Å². The van der Waals surface area contributed by atoms with Crippen LogP contribution in [0.2, 0.25) is 0 Å². The summed E-state index contributed by atoms with van der Waals surface area (Å²) in [5.74, 6) is 0.597. The zero-order chi connectivity index (χ0) is 13.2. The van der Waals surface area contributed by atoms with Gasteiger partial charge in [-0.2, -0.15) is 0 Å². The number of fused-ring (bicyclic) bond motifs is 1. The molecule has 1 amide bonds. The van der Waals surface area contributed by atoms with Gasteiger partial charge in [0, 0.05) is 19.1 Å². The van der Waals surface area contributed by atoms with E-state index in [2.05, 4.69) is 5.32 Å². The van der Waals surface area contributed by atoms with Gasteiger partial charge >= 0.3 is 0 Å². The second-order valence-corrected chi connectivity index (χ2v) is 4.91. The molecule has 1 aliphatic carbocycles. The fourth-order valence-electron chi connectivity index (χ4n) is 2.44. The quantitative estimate of drug-likeness (QED) is 0.852. The normalized spacial score (nSPS) is 17.1. The van der Waals surface area contributed by atoms with Gasteiger partial charge in [-0.15, -0.1) is 0 Å². The number of nitrogens with zero attached hydrogens (tertiary/aromatic N) is 1. The van der Waals surface area contributed by atoms with Crippen molar-refractivity contribution in [2.45, 2.75) is 18.9 Å². The highest BCUT2D eigenvalue weighted by molar-refractivity contribution is 5.99. The number of amides is 1. The van der Waals surface area contributed by atoms with E-state index in [9.17, 15) is 4.79 Å². The van der Waals surface area contributed by atoms with Crippen LogP contribution in [0.1, 0.15) is 23.2 Å². The Morgan fingerprint density at radius 3 is 3.05 bits per heavy atom. The molecule has 3 rings (SSSR count). The molecule has 5 nitrogen and oxygen atoms in total. The van der Waals surface area contributed by atoms with Crippen molar-refractivity contribution in [2.75, 3.05) is 31.6 Å². The fourth-order valence-corrected chi connectivity index (χ4v) is 2.44. The molecule has 0 unspecified atom stereocenters. The van der Waals surface area contributed by atoms with Crippen molar-refractivity contribution in [1.82, 2.24) is 4.90 Å². The Labute approximate surface area is 112 Å². The van der Waals surface area contributed by atoms with Crippen LogP contribution in [0.25, 0.3) is 0 Å². The summed E-state index contributed by atoms with van der Waals surface area (Å²) in [4.78, 5) is 14.4. The van der Waals surface area contributed by atoms with Gasteiger partial charge in [-0.1, -0.05) is 6.07 Å². The van der Waals surface area contributed by atoms with Gasteiger partial charge in [-0.25, -0.2) is 0 Å². The zero-order valence-electron chi connectivity index (χ0n) is 10.8. The highest BCUT2D eigenvalue weighted by Gasteiger charge is 2.34. The van der Waals surface area contributed by atoms with Crippen molar-refractivity contribution >= 4 is 11.6 Å². The number of anilines is 1. The number of ether oxygens (including phenoxy) is 1. The van der Waals surface area contributed by atoms with Gasteiger partial charge in [0.25, 0.3) is 5.91 Å². The minimum Gasteiger partial charge on any atom is -0.489 e. The monoisotopic (exact) mass is 262 g/mol. The largest absolute Gasteiger partial charge is 0.489 e. The number of hydrogen-bond acceptors (Lipinski definition) is 4. The van der Waals surface area contributed by atoms with Crippen LogP contribution < -0.4 is 10.1 Å². The molecule has 19 heavy (non-hydrogen) atoms. The summed E-state index contributed by atoms with van der Waals surface area (Å²) in [6, 6.07) is 5.85. The van der Waals surface area contributed by atoms with Crippen LogP contribution in [0, 0.1) is 0 Å². The summed E-state index contributed by atoms with van der Waals surface area (Å²) in [7, 11) is 0. The molecule has 5 heteroatoms. The molecule has 1 aliphatic heterocycles. The van der Waals surface area contributed by atoms with E-state index in [1.54, 1.807) is 11.0 Å². The summed E-state index contributed by atoms with van der Waals surface area (Å²) in [6.07, 6.45) is 2.06. The Bertz CT molecular complexity index is 486. The van der Waals surface area contributed by atoms with E-state index in [1.165, 1.54) is 0 Å². The summed E-state index contributed by atoms with van der Waals surface area (Å²) in [5.41, 5.74) is 1.46. The Morgan fingerprint density at radius 2 is 2.32 bits per heavy atom. The summed E-state index contributed by atoms with van der Waals surface area (Å²) in [5, 5.41) is 12.3. The third-order valence-corrected chi connectivity index (χ3v) is 3.50. The van der Waals surface area contributed by atoms with Crippen LogP contribution >= 0.6 is 0 Å². The molecule has 102 valence electrons. The predicted octanol–water partition coefficient (Wildman–Crippen LogP) is 1.09. The molecule has 1 aromatic rings. The minimum absolute atomic E-state index is 0.00360. The van der Waals surface area contributed by atoms with Gasteiger partial charge in [-0.05, 0) is 25.0 Å². The van der Waals surface area contributed by atoms with Crippen LogP contribution in [0.5, 0.6) is 5.75 Å². The maximum Gasteiger partial charge on any atom is 0.258 e. The molecule has 1 fully saturated rings. The molecule has 1 heterocycles. The number of aliphatic hydroxyl groups excluding tert-OH is 1. The van der Waals surface area contributed by atoms with Crippen LogP contribution in [0.15, 0.2) is 18.2 Å². The molecule has 1 aromatic carbocycles. The lowest BCUT2D eigenvalue weighted by molar-refractivity contribution is 0.0703. The lowest BCUT2D eigenvalue weighted by Crippen LogP contribution is -2.36. The third-order valence-electron chi connectivity index (χ3n) is 3.50. The molecule has 0 spiro atoms. The zero-order valence-corrected chi connectivity index (χ0v) is 10.8. The van der Waals surface area contributed by atoms with Crippen LogP contribution in [-0.2, 0) is 0 Å². The lowest BCUT2D eigenvalue weighted by Gasteiger charge is -2.25. The van der Waals surface area contributed by atoms with E-state index < -0.39 is 0 Å². The first-order valence-corrected chi connectivity index (χ1v) is 6.73. The van der Waals surface area contributed by atoms with Gasteiger partial charge in [0.15, 0.2) is 5.75 Å². The van der Waals surface area contributed by atoms with Crippen molar-refractivity contribution in [2.24, 2.45) is 0 Å². The van der Waals surface area contributed by atoms with E-state index in [4.69, 9.17) is 9.84 Å². The summed E-state index contributed by atoms with van der Waals surface area (Å²) >= 11 is 0. The SMILES string of the molecule is O=C(c1cccc2c1OCCN2)N(CCO)C1CC1. The Kier molecular flexibility index (Phi) is 3.29. The number of benzene rings is 1. The number of rotatable bonds is 4. The van der Waals surface area contributed by atoms with E-state index in [0.717, 1.165) is 25.1 Å². The first kappa shape index (κ1) is 12.3. The van der Waals surface area contributed by atoms with Gasteiger partial charge in [0.2, 0.25) is 0 Å². The second kappa shape index (κ2) is 5.09. The highest BCUT2D eigenvalue weighted by atomic mass is 16.5. The summed E-state index contributed by atoms with van der Waals surface area (Å²) in [6.45, 7) is 1.71. The minimum atomic E-state index is -0.0444. The average Bonchev–Trinajstić information content (AvgIpc) is 3.28. The number of aliphatic hydroxyl groups is 1. The molecule has 2 N–H and O–H groups in total. The molecule has 1 saturated carbocycles. The van der Waals surface area contributed by atoms with Crippen molar-refractivity contribution in [3.63, 3.8) is 0 Å². The molecular weight excluding hydrogens is 244 g/mol. The van der Waals surface area contributed by atoms with E-state index in [1.807, 2.05) is 12.1 Å². The maximum absolute atomic E-state index is 12.6. The van der Waals surface area contributed by atoms with Crippen molar-refractivity contribution < 1.29 is 14.6 Å². The van der Waals surface area contributed by atoms with E-state index in [-0.39, 0.29) is 18.6 Å². The highest BCUT2D eigenvalue weighted by Crippen LogP contribution is 2.34. The van der Waals surface area contributed by atoms with Gasteiger partial charge in [0.1, 0.15) is 6.61 Å². The van der Waals surface area contributed by atoms with Crippen molar-refractivity contribution in [3.8, 4) is 5.75 Å². The molecule has 0 bridgehead atoms. The molecule has 0 saturated heterocycles. The Morgan fingerprint density at radius 1 is 1.47 bits per heavy atom. The number of hydrogen-bond donors (Lipinski definition) is 2. The van der Waals surface area contributed by atoms with E-state index >= 15 is 0 Å². The predicted molar refractivity (Wildman–Crippen MR) is 71.6 cm³/mol. The number of para-hydroxylation sites is 1. The summed E-state index contributed by atoms with van der Waals surface area (Å²) < 4.78 is 5.63. The van der Waals surface area contributed by atoms with Gasteiger partial charge in [-0.3, -0.25) is 4.79 Å². The second-order valence-electron chi connectivity index (χ2n) is 4.91. The number of carbonyl (C=O) groups is 1. The first-order chi connectivity index (χ1) is 9.31. The molecule has 0 radical (unpaired) electrons. The van der Waals surface area contributed by atoms with Crippen molar-refractivity contribution in [3.05, 3.63) is 23.8 Å². The van der Waals surface area contributed by atoms with Crippen LogP contribution in [0.4, 0.5) is 5.69 Å². The molecule has 0 aromatic heterocycles. The van der Waals surface area contributed by atoms with Gasteiger partial charge in [0.05, 0.1) is 17.9 Å². The first-order valence-electron chi connectivity index (χ1n) is 6.73. The maximum atomic E-state index is 12.6. The Hall–Kier alpha value is -1.75. The average molecular weight is 262 g/mol. The number of nitrogens with one attached hydrogen (secondary N) is 1. The topological polar surface area (TPSA) is 61.8 Å². The number of carbonyl (C=O) groups excluding carboxylic acids is 1. The smallest absolute Gasteiger partial charge is 0.258 e. The van der Waals surface area contributed by atoms with Gasteiger partial charge < -0.3 is 20.1 Å². The van der Waals surface area contributed by atoms with Crippen LogP contribution in [0.3, 0.4) is 0 Å². The third kappa shape index (κ3) is 2.38. The molecule has 2 aliphatic rings. The Balaban J connectivity index is 1.90. The van der Waals surface area contributed by atoms with Crippen molar-refractivity contribution in [1.29, 1.82) is 0 Å². The molecule has 0 atom stereocenters. The standard InChI is InChI=1S/C14H18N2O3/c17-8-7-16(10-4-5-10)14(18)11-2-1-3-12-13(11)19-9-6-15-12/h1-3,10,15,17H,4-9H2. The fraction of sp³-hybridized carbons (Fsp3) is 0.500. The lowest BCUT2D eigenvalue weighted by atomic mass is 10.1. The van der Waals surface area contributed by atoms with Crippen LogP contribution in [-0.4, -0.2) is 48.3 Å². The molecular formula is C14H18N2O3.